The van der Waals surface area contributed by atoms with Crippen molar-refractivity contribution in [2.75, 3.05) is 17.5 Å². The highest BCUT2D eigenvalue weighted by Gasteiger charge is 2.25. The van der Waals surface area contributed by atoms with Crippen molar-refractivity contribution in [2.45, 2.75) is 36.6 Å². The van der Waals surface area contributed by atoms with Crippen molar-refractivity contribution in [1.29, 1.82) is 0 Å². The lowest BCUT2D eigenvalue weighted by atomic mass is 10.2. The van der Waals surface area contributed by atoms with Crippen LogP contribution in [0, 0.1) is 0 Å². The van der Waals surface area contributed by atoms with Crippen LogP contribution in [0.5, 0.6) is 0 Å². The molecule has 8 heteroatoms. The van der Waals surface area contributed by atoms with Crippen LogP contribution in [0.2, 0.25) is 0 Å². The molecule has 1 aliphatic rings. The Morgan fingerprint density at radius 1 is 1.10 bits per heavy atom. The predicted octanol–water partition coefficient (Wildman–Crippen LogP) is 3.28. The standard InChI is InChI=1S/C23H26N2O5S/c1-2-15-25(20-12-4-3-5-13-20)31(28,29)21-14-8-9-18(16-21)23(27)30-17-22(26)24-19-10-6-7-11-19/h2-5,8-9,12-14,16,19H,1,6-7,10-11,15,17H2,(H,24,26). The van der Waals surface area contributed by atoms with Crippen molar-refractivity contribution in [3.63, 3.8) is 0 Å². The van der Waals surface area contributed by atoms with Gasteiger partial charge in [0, 0.05) is 6.04 Å². The third-order valence-electron chi connectivity index (χ3n) is 5.05. The summed E-state index contributed by atoms with van der Waals surface area (Å²) in [6.07, 6.45) is 5.52. The van der Waals surface area contributed by atoms with E-state index in [2.05, 4.69) is 11.9 Å². The summed E-state index contributed by atoms with van der Waals surface area (Å²) in [5.41, 5.74) is 0.542. The Balaban J connectivity index is 1.72. The van der Waals surface area contributed by atoms with E-state index in [1.165, 1.54) is 34.6 Å². The first kappa shape index (κ1) is 22.6. The molecule has 0 spiro atoms. The summed E-state index contributed by atoms with van der Waals surface area (Å²) in [4.78, 5) is 24.3. The van der Waals surface area contributed by atoms with Gasteiger partial charge in [0.05, 0.1) is 22.7 Å². The van der Waals surface area contributed by atoms with E-state index in [4.69, 9.17) is 4.74 Å². The van der Waals surface area contributed by atoms with Crippen LogP contribution in [0.25, 0.3) is 0 Å². The van der Waals surface area contributed by atoms with Gasteiger partial charge in [0.15, 0.2) is 6.61 Å². The van der Waals surface area contributed by atoms with Crippen LogP contribution in [0.15, 0.2) is 72.1 Å². The number of hydrogen-bond donors (Lipinski definition) is 1. The van der Waals surface area contributed by atoms with Gasteiger partial charge in [0.1, 0.15) is 0 Å². The number of nitrogens with zero attached hydrogens (tertiary/aromatic N) is 1. The van der Waals surface area contributed by atoms with Crippen LogP contribution >= 0.6 is 0 Å². The minimum absolute atomic E-state index is 0.0527. The van der Waals surface area contributed by atoms with Gasteiger partial charge in [-0.25, -0.2) is 13.2 Å². The summed E-state index contributed by atoms with van der Waals surface area (Å²) < 4.78 is 32.7. The molecule has 164 valence electrons. The van der Waals surface area contributed by atoms with Crippen LogP contribution < -0.4 is 9.62 Å². The van der Waals surface area contributed by atoms with Gasteiger partial charge < -0.3 is 10.1 Å². The third kappa shape index (κ3) is 5.73. The quantitative estimate of drug-likeness (QED) is 0.475. The number of carbonyl (C=O) groups excluding carboxylic acids is 2. The lowest BCUT2D eigenvalue weighted by Crippen LogP contribution is -2.36. The number of esters is 1. The molecule has 31 heavy (non-hydrogen) atoms. The molecule has 1 N–H and O–H groups in total. The summed E-state index contributed by atoms with van der Waals surface area (Å²) in [6.45, 7) is 3.31. The van der Waals surface area contributed by atoms with E-state index in [0.29, 0.717) is 5.69 Å². The molecule has 1 fully saturated rings. The minimum Gasteiger partial charge on any atom is -0.452 e. The second-order valence-corrected chi connectivity index (χ2v) is 9.18. The molecule has 1 saturated carbocycles. The average molecular weight is 443 g/mol. The molecule has 0 aliphatic heterocycles. The molecule has 7 nitrogen and oxygen atoms in total. The van der Waals surface area contributed by atoms with Crippen molar-refractivity contribution in [3.8, 4) is 0 Å². The molecule has 0 unspecified atom stereocenters. The van der Waals surface area contributed by atoms with Crippen molar-refractivity contribution in [2.24, 2.45) is 0 Å². The number of ether oxygens (including phenoxy) is 1. The molecule has 0 bridgehead atoms. The van der Waals surface area contributed by atoms with E-state index in [0.717, 1.165) is 25.7 Å². The average Bonchev–Trinajstić information content (AvgIpc) is 3.29. The van der Waals surface area contributed by atoms with Crippen LogP contribution in [0.1, 0.15) is 36.0 Å². The number of nitrogens with one attached hydrogen (secondary N) is 1. The van der Waals surface area contributed by atoms with E-state index < -0.39 is 22.6 Å². The smallest absolute Gasteiger partial charge is 0.338 e. The zero-order valence-corrected chi connectivity index (χ0v) is 18.0. The van der Waals surface area contributed by atoms with E-state index in [1.54, 1.807) is 30.3 Å². The fraction of sp³-hybridized carbons (Fsp3) is 0.304. The normalized spacial score (nSPS) is 14.1. The number of hydrogen-bond acceptors (Lipinski definition) is 5. The molecule has 2 aromatic rings. The maximum Gasteiger partial charge on any atom is 0.338 e. The lowest BCUT2D eigenvalue weighted by Gasteiger charge is -2.23. The van der Waals surface area contributed by atoms with Gasteiger partial charge in [0.25, 0.3) is 15.9 Å². The Labute approximate surface area is 182 Å². The molecule has 0 saturated heterocycles. The Hall–Kier alpha value is -3.13. The Morgan fingerprint density at radius 3 is 2.48 bits per heavy atom. The molecule has 0 atom stereocenters. The summed E-state index contributed by atoms with van der Waals surface area (Å²) in [5.74, 6) is -1.11. The fourth-order valence-electron chi connectivity index (χ4n) is 3.52. The molecule has 1 amide bonds. The van der Waals surface area contributed by atoms with E-state index in [1.807, 2.05) is 0 Å². The van der Waals surface area contributed by atoms with Crippen LogP contribution in [0.3, 0.4) is 0 Å². The lowest BCUT2D eigenvalue weighted by molar-refractivity contribution is -0.124. The highest BCUT2D eigenvalue weighted by atomic mass is 32.2. The van der Waals surface area contributed by atoms with Gasteiger partial charge >= 0.3 is 5.97 Å². The molecular weight excluding hydrogens is 416 g/mol. The molecular formula is C23H26N2O5S. The second-order valence-electron chi connectivity index (χ2n) is 7.31. The molecule has 0 heterocycles. The Morgan fingerprint density at radius 2 is 1.81 bits per heavy atom. The number of benzene rings is 2. The Kier molecular flexibility index (Phi) is 7.46. The van der Waals surface area contributed by atoms with Crippen molar-refractivity contribution < 1.29 is 22.7 Å². The summed E-state index contributed by atoms with van der Waals surface area (Å²) in [6, 6.07) is 14.4. The summed E-state index contributed by atoms with van der Waals surface area (Å²) in [5, 5.41) is 2.84. The van der Waals surface area contributed by atoms with Crippen molar-refractivity contribution in [3.05, 3.63) is 72.8 Å². The van der Waals surface area contributed by atoms with Crippen LogP contribution in [-0.2, 0) is 19.6 Å². The molecule has 0 radical (unpaired) electrons. The first-order chi connectivity index (χ1) is 14.9. The van der Waals surface area contributed by atoms with Crippen molar-refractivity contribution in [1.82, 2.24) is 5.32 Å². The third-order valence-corrected chi connectivity index (χ3v) is 6.84. The highest BCUT2D eigenvalue weighted by Crippen LogP contribution is 2.24. The Bertz CT molecular complexity index is 1030. The van der Waals surface area contributed by atoms with Gasteiger partial charge in [-0.1, -0.05) is 43.2 Å². The van der Waals surface area contributed by atoms with E-state index in [-0.39, 0.29) is 29.0 Å². The first-order valence-corrected chi connectivity index (χ1v) is 11.6. The second kappa shape index (κ2) is 10.3. The number of anilines is 1. The highest BCUT2D eigenvalue weighted by molar-refractivity contribution is 7.92. The number of para-hydroxylation sites is 1. The molecule has 3 rings (SSSR count). The number of amides is 1. The van der Waals surface area contributed by atoms with Crippen LogP contribution in [0.4, 0.5) is 5.69 Å². The zero-order valence-electron chi connectivity index (χ0n) is 17.2. The maximum atomic E-state index is 13.2. The van der Waals surface area contributed by atoms with E-state index in [9.17, 15) is 18.0 Å². The topological polar surface area (TPSA) is 92.8 Å². The van der Waals surface area contributed by atoms with Gasteiger partial charge in [-0.05, 0) is 43.2 Å². The molecule has 2 aromatic carbocycles. The number of rotatable bonds is 9. The van der Waals surface area contributed by atoms with E-state index >= 15 is 0 Å². The first-order valence-electron chi connectivity index (χ1n) is 10.2. The maximum absolute atomic E-state index is 13.2. The zero-order chi connectivity index (χ0) is 22.3. The molecule has 1 aliphatic carbocycles. The number of carbonyl (C=O) groups is 2. The molecule has 0 aromatic heterocycles. The fourth-order valence-corrected chi connectivity index (χ4v) is 5.00. The summed E-state index contributed by atoms with van der Waals surface area (Å²) in [7, 11) is -3.94. The van der Waals surface area contributed by atoms with Crippen LogP contribution in [-0.4, -0.2) is 39.5 Å². The van der Waals surface area contributed by atoms with Gasteiger partial charge in [-0.3, -0.25) is 9.10 Å². The van der Waals surface area contributed by atoms with Crippen molar-refractivity contribution >= 4 is 27.6 Å². The number of sulfonamides is 1. The van der Waals surface area contributed by atoms with Gasteiger partial charge in [0.2, 0.25) is 0 Å². The van der Waals surface area contributed by atoms with Gasteiger partial charge in [-0.15, -0.1) is 6.58 Å². The largest absolute Gasteiger partial charge is 0.452 e. The monoisotopic (exact) mass is 442 g/mol. The predicted molar refractivity (Wildman–Crippen MR) is 118 cm³/mol. The van der Waals surface area contributed by atoms with Gasteiger partial charge in [-0.2, -0.15) is 0 Å². The minimum atomic E-state index is -3.94. The SMILES string of the molecule is C=CCN(c1ccccc1)S(=O)(=O)c1cccc(C(=O)OCC(=O)NC2CCCC2)c1. The summed E-state index contributed by atoms with van der Waals surface area (Å²) >= 11 is 0.